The lowest BCUT2D eigenvalue weighted by Crippen LogP contribution is -2.13. The van der Waals surface area contributed by atoms with E-state index in [0.29, 0.717) is 59.3 Å². The van der Waals surface area contributed by atoms with Crippen LogP contribution in [0.2, 0.25) is 0 Å². The van der Waals surface area contributed by atoms with Crippen LogP contribution in [-0.4, -0.2) is 74.5 Å². The molecule has 0 bridgehead atoms. The first kappa shape index (κ1) is 30.0. The van der Waals surface area contributed by atoms with Crippen molar-refractivity contribution in [2.75, 3.05) is 66.1 Å². The van der Waals surface area contributed by atoms with Gasteiger partial charge in [-0.05, 0) is 49.4 Å². The van der Waals surface area contributed by atoms with E-state index < -0.39 is 10.1 Å². The van der Waals surface area contributed by atoms with Crippen LogP contribution in [0.3, 0.4) is 0 Å². The molecule has 0 heterocycles. The molecule has 0 aliphatic carbocycles. The first-order chi connectivity index (χ1) is 18.5. The third kappa shape index (κ3) is 9.98. The van der Waals surface area contributed by atoms with Crippen molar-refractivity contribution >= 4 is 20.9 Å². The third-order valence-corrected chi connectivity index (χ3v) is 7.02. The highest BCUT2D eigenvalue weighted by Gasteiger charge is 2.14. The third-order valence-electron chi connectivity index (χ3n) is 5.70. The van der Waals surface area contributed by atoms with Gasteiger partial charge in [-0.15, -0.1) is 0 Å². The topological polar surface area (TPSA) is 89.5 Å². The van der Waals surface area contributed by atoms with E-state index in [2.05, 4.69) is 12.1 Å². The monoisotopic (exact) mass is 546 g/mol. The lowest BCUT2D eigenvalue weighted by Gasteiger charge is -2.13. The normalized spacial score (nSPS) is 11.7. The van der Waals surface area contributed by atoms with Crippen molar-refractivity contribution in [2.24, 2.45) is 0 Å². The number of fused-ring (bicyclic) bond motifs is 1. The summed E-state index contributed by atoms with van der Waals surface area (Å²) in [6, 6.07) is 18.6. The van der Waals surface area contributed by atoms with Gasteiger partial charge in [0.25, 0.3) is 10.1 Å². The second kappa shape index (κ2) is 16.4. The van der Waals surface area contributed by atoms with Crippen LogP contribution in [0, 0.1) is 6.92 Å². The van der Waals surface area contributed by atoms with E-state index in [1.165, 1.54) is 0 Å². The molecule has 3 aromatic carbocycles. The second-order valence-corrected chi connectivity index (χ2v) is 10.1. The van der Waals surface area contributed by atoms with Crippen LogP contribution in [-0.2, 0) is 39.7 Å². The average Bonchev–Trinajstić information content (AvgIpc) is 2.92. The zero-order chi connectivity index (χ0) is 27.1. The molecule has 0 saturated carbocycles. The molecule has 9 heteroatoms. The fourth-order valence-corrected chi connectivity index (χ4v) is 4.64. The summed E-state index contributed by atoms with van der Waals surface area (Å²) < 4.78 is 57.4. The first-order valence-corrected chi connectivity index (χ1v) is 14.3. The van der Waals surface area contributed by atoms with Gasteiger partial charge in [-0.25, -0.2) is 0 Å². The van der Waals surface area contributed by atoms with Gasteiger partial charge < -0.3 is 23.7 Å². The van der Waals surface area contributed by atoms with Crippen LogP contribution in [0.25, 0.3) is 10.8 Å². The van der Waals surface area contributed by atoms with Crippen molar-refractivity contribution in [3.05, 3.63) is 71.8 Å². The summed E-state index contributed by atoms with van der Waals surface area (Å²) in [5, 5.41) is 2.12. The fourth-order valence-electron chi connectivity index (χ4n) is 3.74. The van der Waals surface area contributed by atoms with Crippen LogP contribution in [0.1, 0.15) is 18.1 Å². The van der Waals surface area contributed by atoms with Gasteiger partial charge >= 0.3 is 0 Å². The molecular weight excluding hydrogens is 508 g/mol. The lowest BCUT2D eigenvalue weighted by molar-refractivity contribution is 0.0115. The molecule has 0 radical (unpaired) electrons. The molecule has 0 saturated heterocycles. The lowest BCUT2D eigenvalue weighted by atomic mass is 10.0. The Morgan fingerprint density at radius 2 is 1.24 bits per heavy atom. The van der Waals surface area contributed by atoms with Gasteiger partial charge in [-0.3, -0.25) is 4.18 Å². The molecule has 8 nitrogen and oxygen atoms in total. The van der Waals surface area contributed by atoms with E-state index >= 15 is 0 Å². The van der Waals surface area contributed by atoms with Crippen molar-refractivity contribution in [3.8, 4) is 5.75 Å². The molecule has 0 aliphatic heterocycles. The van der Waals surface area contributed by atoms with E-state index in [0.717, 1.165) is 27.6 Å². The first-order valence-electron chi connectivity index (χ1n) is 12.9. The van der Waals surface area contributed by atoms with Crippen LogP contribution in [0.4, 0.5) is 0 Å². The maximum absolute atomic E-state index is 12.3. The summed E-state index contributed by atoms with van der Waals surface area (Å²) in [6.07, 6.45) is 0.678. The van der Waals surface area contributed by atoms with E-state index in [1.807, 2.05) is 38.1 Å². The molecule has 0 unspecified atom stereocenters. The Labute approximate surface area is 225 Å². The van der Waals surface area contributed by atoms with Crippen molar-refractivity contribution in [1.29, 1.82) is 0 Å². The van der Waals surface area contributed by atoms with E-state index in [1.54, 1.807) is 24.3 Å². The quantitative estimate of drug-likeness (QED) is 0.160. The standard InChI is InChI=1S/C29H38O8S/c1-3-32-16-17-34-18-19-35-20-22-36-29-9-5-7-27-25(6-4-8-28(27)29)14-15-33-21-23-37-38(30,31)26-12-10-24(2)11-13-26/h4-13H,3,14-23H2,1-2H3. The van der Waals surface area contributed by atoms with Crippen molar-refractivity contribution in [3.63, 3.8) is 0 Å². The molecule has 3 aromatic rings. The average molecular weight is 547 g/mol. The molecule has 0 aliphatic rings. The SMILES string of the molecule is CCOCCOCCOCCOc1cccc2c(CCOCCOS(=O)(=O)c3ccc(C)cc3)cccc12. The van der Waals surface area contributed by atoms with Crippen molar-refractivity contribution in [1.82, 2.24) is 0 Å². The Morgan fingerprint density at radius 3 is 1.97 bits per heavy atom. The smallest absolute Gasteiger partial charge is 0.297 e. The second-order valence-electron chi connectivity index (χ2n) is 8.49. The summed E-state index contributed by atoms with van der Waals surface area (Å²) in [5.41, 5.74) is 2.11. The molecule has 0 N–H and O–H groups in total. The van der Waals surface area contributed by atoms with E-state index in [4.69, 9.17) is 27.9 Å². The maximum atomic E-state index is 12.3. The van der Waals surface area contributed by atoms with Gasteiger partial charge in [-0.2, -0.15) is 8.42 Å². The molecule has 3 rings (SSSR count). The highest BCUT2D eigenvalue weighted by molar-refractivity contribution is 7.86. The van der Waals surface area contributed by atoms with Crippen LogP contribution >= 0.6 is 0 Å². The minimum Gasteiger partial charge on any atom is -0.491 e. The van der Waals surface area contributed by atoms with E-state index in [-0.39, 0.29) is 18.1 Å². The molecule has 0 spiro atoms. The number of aryl methyl sites for hydroxylation is 1. The Kier molecular flexibility index (Phi) is 13.0. The molecular formula is C29H38O8S. The minimum atomic E-state index is -3.78. The Hall–Kier alpha value is -2.53. The maximum Gasteiger partial charge on any atom is 0.297 e. The van der Waals surface area contributed by atoms with Crippen LogP contribution < -0.4 is 4.74 Å². The summed E-state index contributed by atoms with van der Waals surface area (Å²) in [7, 11) is -3.78. The van der Waals surface area contributed by atoms with Gasteiger partial charge in [0, 0.05) is 12.0 Å². The zero-order valence-electron chi connectivity index (χ0n) is 22.2. The van der Waals surface area contributed by atoms with Gasteiger partial charge in [0.15, 0.2) is 0 Å². The molecule has 0 fully saturated rings. The molecule has 38 heavy (non-hydrogen) atoms. The number of benzene rings is 3. The van der Waals surface area contributed by atoms with Gasteiger partial charge in [0.05, 0.1) is 57.8 Å². The Morgan fingerprint density at radius 1 is 0.632 bits per heavy atom. The summed E-state index contributed by atoms with van der Waals surface area (Å²) >= 11 is 0. The van der Waals surface area contributed by atoms with Crippen LogP contribution in [0.15, 0.2) is 65.6 Å². The largest absolute Gasteiger partial charge is 0.491 e. The van der Waals surface area contributed by atoms with Crippen molar-refractivity contribution < 1.29 is 36.3 Å². The molecule has 0 atom stereocenters. The number of hydrogen-bond donors (Lipinski definition) is 0. The summed E-state index contributed by atoms with van der Waals surface area (Å²) in [5.74, 6) is 0.802. The zero-order valence-corrected chi connectivity index (χ0v) is 23.0. The molecule has 208 valence electrons. The van der Waals surface area contributed by atoms with E-state index in [9.17, 15) is 8.42 Å². The Bertz CT molecular complexity index is 1190. The van der Waals surface area contributed by atoms with Gasteiger partial charge in [0.2, 0.25) is 0 Å². The number of hydrogen-bond acceptors (Lipinski definition) is 8. The molecule has 0 aromatic heterocycles. The predicted molar refractivity (Wildman–Crippen MR) is 146 cm³/mol. The minimum absolute atomic E-state index is 0.0365. The van der Waals surface area contributed by atoms with Gasteiger partial charge in [-0.1, -0.05) is 48.0 Å². The summed E-state index contributed by atoms with van der Waals surface area (Å²) in [6.45, 7) is 8.26. The number of ether oxygens (including phenoxy) is 5. The van der Waals surface area contributed by atoms with Crippen LogP contribution in [0.5, 0.6) is 5.75 Å². The highest BCUT2D eigenvalue weighted by atomic mass is 32.2. The predicted octanol–water partition coefficient (Wildman–Crippen LogP) is 4.56. The Balaban J connectivity index is 1.38. The van der Waals surface area contributed by atoms with Crippen molar-refractivity contribution in [2.45, 2.75) is 25.2 Å². The highest BCUT2D eigenvalue weighted by Crippen LogP contribution is 2.28. The summed E-state index contributed by atoms with van der Waals surface area (Å²) in [4.78, 5) is 0.144. The van der Waals surface area contributed by atoms with Gasteiger partial charge in [0.1, 0.15) is 12.4 Å². The number of rotatable bonds is 19. The fraction of sp³-hybridized carbons (Fsp3) is 0.448. The molecule has 0 amide bonds.